The molecule has 0 aromatic rings. The molecule has 106 valence electrons. The predicted octanol–water partition coefficient (Wildman–Crippen LogP) is 1.65. The van der Waals surface area contributed by atoms with E-state index in [2.05, 4.69) is 12.2 Å². The quantitative estimate of drug-likeness (QED) is 0.671. The highest BCUT2D eigenvalue weighted by Crippen LogP contribution is 2.15. The van der Waals surface area contributed by atoms with Gasteiger partial charge in [-0.15, -0.1) is 0 Å². The topological polar surface area (TPSA) is 41.6 Å². The van der Waals surface area contributed by atoms with Crippen molar-refractivity contribution in [2.75, 3.05) is 32.8 Å². The first kappa shape index (κ1) is 15.4. The Morgan fingerprint density at radius 3 is 2.83 bits per heavy atom. The van der Waals surface area contributed by atoms with E-state index in [0.717, 1.165) is 45.6 Å². The number of rotatable bonds is 8. The maximum atomic E-state index is 11.8. The minimum Gasteiger partial charge on any atom is -0.377 e. The molecule has 0 bridgehead atoms. The third-order valence-corrected chi connectivity index (χ3v) is 3.25. The minimum atomic E-state index is 0.297. The molecule has 0 aliphatic carbocycles. The van der Waals surface area contributed by atoms with Crippen LogP contribution in [0.15, 0.2) is 0 Å². The SMILES string of the molecule is CC1CCN(C(=O)CCCNCCOC(C)C)C1. The van der Waals surface area contributed by atoms with Crippen molar-refractivity contribution in [1.82, 2.24) is 10.2 Å². The number of hydrogen-bond acceptors (Lipinski definition) is 3. The van der Waals surface area contributed by atoms with E-state index in [1.165, 1.54) is 0 Å². The van der Waals surface area contributed by atoms with Crippen molar-refractivity contribution in [2.24, 2.45) is 5.92 Å². The van der Waals surface area contributed by atoms with Crippen LogP contribution in [0.2, 0.25) is 0 Å². The fraction of sp³-hybridized carbons (Fsp3) is 0.929. The van der Waals surface area contributed by atoms with E-state index in [-0.39, 0.29) is 0 Å². The van der Waals surface area contributed by atoms with Gasteiger partial charge in [0, 0.05) is 26.1 Å². The highest BCUT2D eigenvalue weighted by Gasteiger charge is 2.22. The van der Waals surface area contributed by atoms with Crippen LogP contribution in [0.5, 0.6) is 0 Å². The van der Waals surface area contributed by atoms with Crippen molar-refractivity contribution in [3.05, 3.63) is 0 Å². The molecule has 1 saturated heterocycles. The molecule has 1 N–H and O–H groups in total. The second-order valence-corrected chi connectivity index (χ2v) is 5.51. The van der Waals surface area contributed by atoms with Gasteiger partial charge in [0.1, 0.15) is 0 Å². The van der Waals surface area contributed by atoms with Crippen LogP contribution >= 0.6 is 0 Å². The third kappa shape index (κ3) is 6.36. The molecule has 0 aromatic heterocycles. The van der Waals surface area contributed by atoms with Gasteiger partial charge in [-0.05, 0) is 39.2 Å². The van der Waals surface area contributed by atoms with Crippen molar-refractivity contribution in [1.29, 1.82) is 0 Å². The lowest BCUT2D eigenvalue weighted by Gasteiger charge is -2.15. The fourth-order valence-corrected chi connectivity index (χ4v) is 2.18. The van der Waals surface area contributed by atoms with E-state index in [4.69, 9.17) is 4.74 Å². The van der Waals surface area contributed by atoms with Crippen LogP contribution in [-0.4, -0.2) is 49.7 Å². The fourth-order valence-electron chi connectivity index (χ4n) is 2.18. The highest BCUT2D eigenvalue weighted by molar-refractivity contribution is 5.76. The number of amides is 1. The molecule has 1 fully saturated rings. The molecule has 1 unspecified atom stereocenters. The van der Waals surface area contributed by atoms with Crippen LogP contribution in [0, 0.1) is 5.92 Å². The summed E-state index contributed by atoms with van der Waals surface area (Å²) in [4.78, 5) is 13.8. The third-order valence-electron chi connectivity index (χ3n) is 3.25. The second kappa shape index (κ2) is 8.48. The van der Waals surface area contributed by atoms with Crippen molar-refractivity contribution in [3.8, 4) is 0 Å². The molecule has 0 radical (unpaired) electrons. The molecule has 18 heavy (non-hydrogen) atoms. The van der Waals surface area contributed by atoms with Crippen LogP contribution in [-0.2, 0) is 9.53 Å². The van der Waals surface area contributed by atoms with Gasteiger partial charge in [-0.25, -0.2) is 0 Å². The van der Waals surface area contributed by atoms with E-state index in [0.29, 0.717) is 24.3 Å². The summed E-state index contributed by atoms with van der Waals surface area (Å²) >= 11 is 0. The molecule has 0 spiro atoms. The molecule has 1 heterocycles. The van der Waals surface area contributed by atoms with Gasteiger partial charge < -0.3 is 15.0 Å². The number of carbonyl (C=O) groups excluding carboxylic acids is 1. The average Bonchev–Trinajstić information content (AvgIpc) is 2.74. The maximum absolute atomic E-state index is 11.8. The lowest BCUT2D eigenvalue weighted by Crippen LogP contribution is -2.29. The van der Waals surface area contributed by atoms with E-state index in [1.807, 2.05) is 18.7 Å². The predicted molar refractivity (Wildman–Crippen MR) is 73.6 cm³/mol. The monoisotopic (exact) mass is 256 g/mol. The zero-order valence-electron chi connectivity index (χ0n) is 12.1. The summed E-state index contributed by atoms with van der Waals surface area (Å²) in [7, 11) is 0. The van der Waals surface area contributed by atoms with Gasteiger partial charge in [0.05, 0.1) is 12.7 Å². The molecule has 1 aliphatic heterocycles. The molecule has 0 aromatic carbocycles. The summed E-state index contributed by atoms with van der Waals surface area (Å²) < 4.78 is 5.42. The van der Waals surface area contributed by atoms with E-state index < -0.39 is 0 Å². The maximum Gasteiger partial charge on any atom is 0.222 e. The second-order valence-electron chi connectivity index (χ2n) is 5.51. The molecule has 1 aliphatic rings. The summed E-state index contributed by atoms with van der Waals surface area (Å²) in [6, 6.07) is 0. The molecule has 0 saturated carbocycles. The Balaban J connectivity index is 1.93. The van der Waals surface area contributed by atoms with Gasteiger partial charge in [0.25, 0.3) is 0 Å². The van der Waals surface area contributed by atoms with Crippen LogP contribution < -0.4 is 5.32 Å². The first-order valence-electron chi connectivity index (χ1n) is 7.19. The lowest BCUT2D eigenvalue weighted by atomic mass is 10.2. The van der Waals surface area contributed by atoms with E-state index in [1.54, 1.807) is 0 Å². The molecule has 1 rings (SSSR count). The Morgan fingerprint density at radius 2 is 2.22 bits per heavy atom. The lowest BCUT2D eigenvalue weighted by molar-refractivity contribution is -0.130. The number of likely N-dealkylation sites (tertiary alicyclic amines) is 1. The van der Waals surface area contributed by atoms with Gasteiger partial charge in [0.2, 0.25) is 5.91 Å². The molecule has 4 heteroatoms. The first-order valence-corrected chi connectivity index (χ1v) is 7.19. The number of nitrogens with zero attached hydrogens (tertiary/aromatic N) is 1. The van der Waals surface area contributed by atoms with Crippen molar-refractivity contribution in [2.45, 2.75) is 46.1 Å². The summed E-state index contributed by atoms with van der Waals surface area (Å²) in [5, 5.41) is 3.30. The molecule has 1 atom stereocenters. The number of nitrogens with one attached hydrogen (secondary N) is 1. The zero-order chi connectivity index (χ0) is 13.4. The summed E-state index contributed by atoms with van der Waals surface area (Å²) in [6.45, 7) is 10.7. The minimum absolute atomic E-state index is 0.297. The Morgan fingerprint density at radius 1 is 1.44 bits per heavy atom. The Kier molecular flexibility index (Phi) is 7.28. The van der Waals surface area contributed by atoms with E-state index in [9.17, 15) is 4.79 Å². The van der Waals surface area contributed by atoms with Crippen LogP contribution in [0.4, 0.5) is 0 Å². The molecular formula is C14H28N2O2. The van der Waals surface area contributed by atoms with Gasteiger partial charge in [-0.1, -0.05) is 6.92 Å². The largest absolute Gasteiger partial charge is 0.377 e. The number of ether oxygens (including phenoxy) is 1. The molecule has 4 nitrogen and oxygen atoms in total. The van der Waals surface area contributed by atoms with Crippen molar-refractivity contribution in [3.63, 3.8) is 0 Å². The smallest absolute Gasteiger partial charge is 0.222 e. The zero-order valence-corrected chi connectivity index (χ0v) is 12.1. The average molecular weight is 256 g/mol. The number of carbonyl (C=O) groups is 1. The summed E-state index contributed by atoms with van der Waals surface area (Å²) in [5.41, 5.74) is 0. The van der Waals surface area contributed by atoms with E-state index >= 15 is 0 Å². The summed E-state index contributed by atoms with van der Waals surface area (Å²) in [5.74, 6) is 1.000. The van der Waals surface area contributed by atoms with Crippen molar-refractivity contribution < 1.29 is 9.53 Å². The van der Waals surface area contributed by atoms with Crippen LogP contribution in [0.25, 0.3) is 0 Å². The Bertz CT molecular complexity index is 244. The standard InChI is InChI=1S/C14H28N2O2/c1-12(2)18-10-8-15-7-4-5-14(17)16-9-6-13(3)11-16/h12-13,15H,4-11H2,1-3H3. The summed E-state index contributed by atoms with van der Waals surface area (Å²) in [6.07, 6.45) is 3.05. The first-order chi connectivity index (χ1) is 8.59. The van der Waals surface area contributed by atoms with Gasteiger partial charge in [-0.3, -0.25) is 4.79 Å². The molecule has 1 amide bonds. The number of hydrogen-bond donors (Lipinski definition) is 1. The Labute approximate surface area is 111 Å². The molecular weight excluding hydrogens is 228 g/mol. The van der Waals surface area contributed by atoms with Gasteiger partial charge in [0.15, 0.2) is 0 Å². The van der Waals surface area contributed by atoms with Crippen LogP contribution in [0.3, 0.4) is 0 Å². The highest BCUT2D eigenvalue weighted by atomic mass is 16.5. The van der Waals surface area contributed by atoms with Gasteiger partial charge >= 0.3 is 0 Å². The normalized spacial score (nSPS) is 19.8. The Hall–Kier alpha value is -0.610. The van der Waals surface area contributed by atoms with Crippen molar-refractivity contribution >= 4 is 5.91 Å². The van der Waals surface area contributed by atoms with Crippen LogP contribution in [0.1, 0.15) is 40.0 Å². The van der Waals surface area contributed by atoms with Gasteiger partial charge in [-0.2, -0.15) is 0 Å².